The molecule has 0 unspecified atom stereocenters. The van der Waals surface area contributed by atoms with Crippen molar-refractivity contribution in [2.24, 2.45) is 0 Å². The molecule has 0 aliphatic rings. The first-order valence-electron chi connectivity index (χ1n) is 3.75. The summed E-state index contributed by atoms with van der Waals surface area (Å²) in [5, 5.41) is 19.2. The predicted molar refractivity (Wildman–Crippen MR) is 43.2 cm³/mol. The molecule has 4 nitrogen and oxygen atoms in total. The number of hydrogen-bond acceptors (Lipinski definition) is 3. The molecule has 0 saturated carbocycles. The Morgan fingerprint density at radius 2 is 2.07 bits per heavy atom. The van der Waals surface area contributed by atoms with E-state index in [1.54, 1.807) is 0 Å². The fourth-order valence-corrected chi connectivity index (χ4v) is 0.966. The van der Waals surface area contributed by atoms with E-state index in [0.29, 0.717) is 0 Å². The van der Waals surface area contributed by atoms with Crippen LogP contribution in [0.3, 0.4) is 0 Å². The standard InChI is InChI=1S/C8H7F2NO3/c9-6-2-1-5(3-7(6)10)8(12)4-11(13)14/h1-3,8,12H,4H2/t8-/m0/s1. The lowest BCUT2D eigenvalue weighted by molar-refractivity contribution is -0.491. The Balaban J connectivity index is 2.85. The zero-order chi connectivity index (χ0) is 10.7. The molecule has 1 atom stereocenters. The van der Waals surface area contributed by atoms with Gasteiger partial charge in [-0.15, -0.1) is 0 Å². The van der Waals surface area contributed by atoms with E-state index in [1.165, 1.54) is 0 Å². The Kier molecular flexibility index (Phi) is 3.08. The van der Waals surface area contributed by atoms with Gasteiger partial charge in [-0.25, -0.2) is 8.78 Å². The van der Waals surface area contributed by atoms with E-state index in [9.17, 15) is 24.0 Å². The van der Waals surface area contributed by atoms with Crippen molar-refractivity contribution >= 4 is 0 Å². The molecule has 0 spiro atoms. The summed E-state index contributed by atoms with van der Waals surface area (Å²) in [5.74, 6) is -2.19. The third-order valence-corrected chi connectivity index (χ3v) is 1.65. The highest BCUT2D eigenvalue weighted by Crippen LogP contribution is 2.16. The van der Waals surface area contributed by atoms with E-state index >= 15 is 0 Å². The molecule has 76 valence electrons. The molecule has 14 heavy (non-hydrogen) atoms. The highest BCUT2D eigenvalue weighted by molar-refractivity contribution is 5.19. The van der Waals surface area contributed by atoms with Gasteiger partial charge in [-0.05, 0) is 17.7 Å². The molecule has 0 fully saturated rings. The molecule has 0 aliphatic carbocycles. The molecule has 0 aromatic heterocycles. The van der Waals surface area contributed by atoms with E-state index in [0.717, 1.165) is 18.2 Å². The molecule has 0 aliphatic heterocycles. The molecule has 0 saturated heterocycles. The first-order chi connectivity index (χ1) is 6.50. The van der Waals surface area contributed by atoms with Crippen LogP contribution < -0.4 is 0 Å². The smallest absolute Gasteiger partial charge is 0.233 e. The minimum Gasteiger partial charge on any atom is -0.382 e. The fourth-order valence-electron chi connectivity index (χ4n) is 0.966. The van der Waals surface area contributed by atoms with Gasteiger partial charge in [-0.3, -0.25) is 10.1 Å². The minimum absolute atomic E-state index is 0.0133. The van der Waals surface area contributed by atoms with E-state index in [-0.39, 0.29) is 5.56 Å². The Morgan fingerprint density at radius 3 is 2.57 bits per heavy atom. The first-order valence-corrected chi connectivity index (χ1v) is 3.75. The molecular formula is C8H7F2NO3. The van der Waals surface area contributed by atoms with E-state index < -0.39 is 29.2 Å². The highest BCUT2D eigenvalue weighted by atomic mass is 19.2. The van der Waals surface area contributed by atoms with Crippen molar-refractivity contribution in [3.63, 3.8) is 0 Å². The predicted octanol–water partition coefficient (Wildman–Crippen LogP) is 1.27. The molecule has 0 heterocycles. The van der Waals surface area contributed by atoms with Crippen molar-refractivity contribution in [2.45, 2.75) is 6.10 Å². The maximum absolute atomic E-state index is 12.6. The van der Waals surface area contributed by atoms with Crippen LogP contribution in [0.4, 0.5) is 8.78 Å². The third kappa shape index (κ3) is 2.46. The molecule has 1 aromatic rings. The summed E-state index contributed by atoms with van der Waals surface area (Å²) in [7, 11) is 0. The van der Waals surface area contributed by atoms with Gasteiger partial charge in [0.05, 0.1) is 0 Å². The number of hydrogen-bond donors (Lipinski definition) is 1. The van der Waals surface area contributed by atoms with E-state index in [4.69, 9.17) is 0 Å². The van der Waals surface area contributed by atoms with Gasteiger partial charge in [0.15, 0.2) is 11.6 Å². The minimum atomic E-state index is -1.42. The number of benzene rings is 1. The van der Waals surface area contributed by atoms with Gasteiger partial charge in [0.1, 0.15) is 6.10 Å². The van der Waals surface area contributed by atoms with Crippen LogP contribution in [0.25, 0.3) is 0 Å². The van der Waals surface area contributed by atoms with Crippen molar-refractivity contribution in [2.75, 3.05) is 6.54 Å². The highest BCUT2D eigenvalue weighted by Gasteiger charge is 2.15. The van der Waals surface area contributed by atoms with Gasteiger partial charge < -0.3 is 5.11 Å². The summed E-state index contributed by atoms with van der Waals surface area (Å²) >= 11 is 0. The number of nitrogens with zero attached hydrogens (tertiary/aromatic N) is 1. The lowest BCUT2D eigenvalue weighted by Gasteiger charge is -2.05. The van der Waals surface area contributed by atoms with Crippen molar-refractivity contribution in [3.8, 4) is 0 Å². The summed E-state index contributed by atoms with van der Waals surface area (Å²) < 4.78 is 25.1. The normalized spacial score (nSPS) is 12.5. The third-order valence-electron chi connectivity index (χ3n) is 1.65. The summed E-state index contributed by atoms with van der Waals surface area (Å²) in [6.45, 7) is -0.731. The van der Waals surface area contributed by atoms with Crippen LogP contribution in [-0.4, -0.2) is 16.6 Å². The van der Waals surface area contributed by atoms with Gasteiger partial charge >= 0.3 is 0 Å². The zero-order valence-electron chi connectivity index (χ0n) is 6.98. The maximum Gasteiger partial charge on any atom is 0.233 e. The molecule has 0 radical (unpaired) electrons. The van der Waals surface area contributed by atoms with Gasteiger partial charge in [-0.2, -0.15) is 0 Å². The topological polar surface area (TPSA) is 63.4 Å². The lowest BCUT2D eigenvalue weighted by Crippen LogP contribution is -2.12. The molecular weight excluding hydrogens is 196 g/mol. The summed E-state index contributed by atoms with van der Waals surface area (Å²) in [5.41, 5.74) is -0.0133. The summed E-state index contributed by atoms with van der Waals surface area (Å²) in [6, 6.07) is 2.66. The molecule has 1 aromatic carbocycles. The average Bonchev–Trinajstić information content (AvgIpc) is 2.08. The van der Waals surface area contributed by atoms with Crippen LogP contribution in [0.2, 0.25) is 0 Å². The fraction of sp³-hybridized carbons (Fsp3) is 0.250. The van der Waals surface area contributed by atoms with Gasteiger partial charge in [0.2, 0.25) is 6.54 Å². The number of aliphatic hydroxyl groups is 1. The second kappa shape index (κ2) is 4.10. The SMILES string of the molecule is O=[N+]([O-])C[C@H](O)c1ccc(F)c(F)c1. The molecule has 6 heteroatoms. The Bertz CT molecular complexity index is 356. The molecule has 0 amide bonds. The molecule has 0 bridgehead atoms. The van der Waals surface area contributed by atoms with Crippen LogP contribution >= 0.6 is 0 Å². The van der Waals surface area contributed by atoms with Crippen LogP contribution in [-0.2, 0) is 0 Å². The zero-order valence-corrected chi connectivity index (χ0v) is 6.98. The van der Waals surface area contributed by atoms with Crippen LogP contribution in [0, 0.1) is 21.7 Å². The van der Waals surface area contributed by atoms with Crippen molar-refractivity contribution in [1.82, 2.24) is 0 Å². The van der Waals surface area contributed by atoms with Crippen LogP contribution in [0.1, 0.15) is 11.7 Å². The molecule has 1 rings (SSSR count). The average molecular weight is 203 g/mol. The Morgan fingerprint density at radius 1 is 1.43 bits per heavy atom. The summed E-state index contributed by atoms with van der Waals surface area (Å²) in [4.78, 5) is 9.28. The monoisotopic (exact) mass is 203 g/mol. The van der Waals surface area contributed by atoms with Crippen molar-refractivity contribution in [3.05, 3.63) is 45.5 Å². The van der Waals surface area contributed by atoms with Crippen LogP contribution in [0.15, 0.2) is 18.2 Å². The van der Waals surface area contributed by atoms with Crippen LogP contribution in [0.5, 0.6) is 0 Å². The maximum atomic E-state index is 12.6. The number of aliphatic hydroxyl groups excluding tert-OH is 1. The van der Waals surface area contributed by atoms with Gasteiger partial charge in [0, 0.05) is 4.92 Å². The van der Waals surface area contributed by atoms with E-state index in [1.807, 2.05) is 0 Å². The Hall–Kier alpha value is -1.56. The number of nitro groups is 1. The molecule has 1 N–H and O–H groups in total. The largest absolute Gasteiger partial charge is 0.382 e. The second-order valence-corrected chi connectivity index (χ2v) is 2.70. The quantitative estimate of drug-likeness (QED) is 0.594. The van der Waals surface area contributed by atoms with Gasteiger partial charge in [-0.1, -0.05) is 6.07 Å². The number of halogens is 2. The summed E-state index contributed by atoms with van der Waals surface area (Å²) in [6.07, 6.45) is -1.42. The second-order valence-electron chi connectivity index (χ2n) is 2.70. The lowest BCUT2D eigenvalue weighted by atomic mass is 10.1. The Labute approximate surface area is 77.9 Å². The number of rotatable bonds is 3. The van der Waals surface area contributed by atoms with Crippen molar-refractivity contribution < 1.29 is 18.8 Å². The van der Waals surface area contributed by atoms with E-state index in [2.05, 4.69) is 0 Å². The van der Waals surface area contributed by atoms with Crippen molar-refractivity contribution in [1.29, 1.82) is 0 Å². The van der Waals surface area contributed by atoms with Gasteiger partial charge in [0.25, 0.3) is 0 Å². The first kappa shape index (κ1) is 10.5.